The van der Waals surface area contributed by atoms with Crippen LogP contribution >= 0.6 is 23.1 Å². The lowest BCUT2D eigenvalue weighted by Crippen LogP contribution is -2.15. The molecule has 0 saturated heterocycles. The number of aromatic nitrogens is 2. The number of amides is 1. The third kappa shape index (κ3) is 3.72. The standard InChI is InChI=1S/C16H13N3O3S2/c1-9(20)10-3-2-4-11(7-10)17-13(21)8-24-16-18-14(22)12-5-6-23-15(12)19-16/h2-7H,8H2,1H3,(H,17,21)(H,18,19,22). The van der Waals surface area contributed by atoms with E-state index >= 15 is 0 Å². The van der Waals surface area contributed by atoms with Gasteiger partial charge in [0, 0.05) is 11.3 Å². The Morgan fingerprint density at radius 1 is 1.33 bits per heavy atom. The highest BCUT2D eigenvalue weighted by atomic mass is 32.2. The fourth-order valence-electron chi connectivity index (χ4n) is 2.06. The molecule has 0 spiro atoms. The van der Waals surface area contributed by atoms with Crippen LogP contribution in [0.5, 0.6) is 0 Å². The maximum atomic E-state index is 12.0. The van der Waals surface area contributed by atoms with Crippen LogP contribution in [0.1, 0.15) is 17.3 Å². The number of benzene rings is 1. The Morgan fingerprint density at radius 2 is 2.17 bits per heavy atom. The van der Waals surface area contributed by atoms with Gasteiger partial charge in [-0.1, -0.05) is 23.9 Å². The van der Waals surface area contributed by atoms with Gasteiger partial charge in [-0.2, -0.15) is 0 Å². The maximum absolute atomic E-state index is 12.0. The first-order chi connectivity index (χ1) is 11.5. The molecular weight excluding hydrogens is 346 g/mol. The average Bonchev–Trinajstić information content (AvgIpc) is 3.02. The van der Waals surface area contributed by atoms with E-state index in [9.17, 15) is 14.4 Å². The number of fused-ring (bicyclic) bond motifs is 1. The van der Waals surface area contributed by atoms with Gasteiger partial charge in [0.2, 0.25) is 5.91 Å². The zero-order chi connectivity index (χ0) is 17.1. The van der Waals surface area contributed by atoms with E-state index in [1.165, 1.54) is 18.3 Å². The van der Waals surface area contributed by atoms with Crippen LogP contribution < -0.4 is 10.9 Å². The first-order valence-corrected chi connectivity index (χ1v) is 8.90. The molecule has 2 aromatic heterocycles. The van der Waals surface area contributed by atoms with E-state index in [0.29, 0.717) is 26.6 Å². The fourth-order valence-corrected chi connectivity index (χ4v) is 3.54. The number of Topliss-reactive ketones (excluding diaryl/α,β-unsaturated/α-hetero) is 1. The van der Waals surface area contributed by atoms with Crippen LogP contribution in [0.4, 0.5) is 5.69 Å². The Hall–Kier alpha value is -2.45. The predicted octanol–water partition coefficient (Wildman–Crippen LogP) is 2.92. The second kappa shape index (κ2) is 6.98. The van der Waals surface area contributed by atoms with Crippen LogP contribution in [0.15, 0.2) is 45.7 Å². The first-order valence-electron chi connectivity index (χ1n) is 7.04. The third-order valence-electron chi connectivity index (χ3n) is 3.21. The lowest BCUT2D eigenvalue weighted by Gasteiger charge is -2.06. The lowest BCUT2D eigenvalue weighted by atomic mass is 10.1. The summed E-state index contributed by atoms with van der Waals surface area (Å²) in [4.78, 5) is 42.9. The minimum Gasteiger partial charge on any atom is -0.325 e. The van der Waals surface area contributed by atoms with Gasteiger partial charge in [0.1, 0.15) is 4.83 Å². The topological polar surface area (TPSA) is 91.9 Å². The molecule has 3 rings (SSSR count). The number of nitrogens with one attached hydrogen (secondary N) is 2. The fraction of sp³-hybridized carbons (Fsp3) is 0.125. The molecule has 0 saturated carbocycles. The second-order valence-electron chi connectivity index (χ2n) is 4.98. The summed E-state index contributed by atoms with van der Waals surface area (Å²) in [5.74, 6) is -0.203. The number of rotatable bonds is 5. The third-order valence-corrected chi connectivity index (χ3v) is 4.89. The molecule has 2 N–H and O–H groups in total. The quantitative estimate of drug-likeness (QED) is 0.415. The minimum absolute atomic E-state index is 0.0634. The van der Waals surface area contributed by atoms with Crippen LogP contribution in [-0.4, -0.2) is 27.4 Å². The zero-order valence-corrected chi connectivity index (χ0v) is 14.3. The molecular formula is C16H13N3O3S2. The van der Waals surface area contributed by atoms with E-state index in [1.807, 2.05) is 0 Å². The highest BCUT2D eigenvalue weighted by molar-refractivity contribution is 7.99. The molecule has 0 bridgehead atoms. The van der Waals surface area contributed by atoms with E-state index in [0.717, 1.165) is 11.8 Å². The Morgan fingerprint density at radius 3 is 2.96 bits per heavy atom. The summed E-state index contributed by atoms with van der Waals surface area (Å²) >= 11 is 2.53. The number of hydrogen-bond acceptors (Lipinski definition) is 6. The van der Waals surface area contributed by atoms with Crippen molar-refractivity contribution in [3.8, 4) is 0 Å². The molecule has 1 aromatic carbocycles. The minimum atomic E-state index is -0.241. The average molecular weight is 359 g/mol. The van der Waals surface area contributed by atoms with Gasteiger partial charge in [-0.3, -0.25) is 14.4 Å². The van der Waals surface area contributed by atoms with Crippen molar-refractivity contribution in [1.82, 2.24) is 9.97 Å². The van der Waals surface area contributed by atoms with Gasteiger partial charge >= 0.3 is 0 Å². The monoisotopic (exact) mass is 359 g/mol. The zero-order valence-electron chi connectivity index (χ0n) is 12.7. The molecule has 24 heavy (non-hydrogen) atoms. The summed E-state index contributed by atoms with van der Waals surface area (Å²) in [6.45, 7) is 1.47. The van der Waals surface area contributed by atoms with E-state index in [4.69, 9.17) is 0 Å². The summed E-state index contributed by atoms with van der Waals surface area (Å²) < 4.78 is 0. The molecule has 0 fully saturated rings. The lowest BCUT2D eigenvalue weighted by molar-refractivity contribution is -0.113. The number of ketones is 1. The van der Waals surface area contributed by atoms with Gasteiger partial charge in [0.05, 0.1) is 11.1 Å². The van der Waals surface area contributed by atoms with E-state index in [2.05, 4.69) is 15.3 Å². The number of carbonyl (C=O) groups excluding carboxylic acids is 2. The molecule has 8 heteroatoms. The van der Waals surface area contributed by atoms with Crippen molar-refractivity contribution in [2.75, 3.05) is 11.1 Å². The Kier molecular flexibility index (Phi) is 4.77. The summed E-state index contributed by atoms with van der Waals surface area (Å²) in [6, 6.07) is 8.46. The number of thioether (sulfide) groups is 1. The first kappa shape index (κ1) is 16.4. The van der Waals surface area contributed by atoms with Crippen molar-refractivity contribution in [1.29, 1.82) is 0 Å². The summed E-state index contributed by atoms with van der Waals surface area (Å²) in [7, 11) is 0. The van der Waals surface area contributed by atoms with Crippen LogP contribution in [-0.2, 0) is 4.79 Å². The van der Waals surface area contributed by atoms with Crippen molar-refractivity contribution in [2.45, 2.75) is 12.1 Å². The molecule has 0 unspecified atom stereocenters. The molecule has 0 radical (unpaired) electrons. The predicted molar refractivity (Wildman–Crippen MR) is 96.0 cm³/mol. The Balaban J connectivity index is 1.65. The highest BCUT2D eigenvalue weighted by Crippen LogP contribution is 2.19. The van der Waals surface area contributed by atoms with Gasteiger partial charge in [-0.25, -0.2) is 4.98 Å². The van der Waals surface area contributed by atoms with Gasteiger partial charge < -0.3 is 10.3 Å². The smallest absolute Gasteiger partial charge is 0.260 e. The molecule has 1 amide bonds. The van der Waals surface area contributed by atoms with Crippen molar-refractivity contribution in [3.63, 3.8) is 0 Å². The van der Waals surface area contributed by atoms with Crippen LogP contribution in [0.3, 0.4) is 0 Å². The molecule has 3 aromatic rings. The van der Waals surface area contributed by atoms with Gasteiger partial charge in [0.15, 0.2) is 10.9 Å². The van der Waals surface area contributed by atoms with E-state index in [-0.39, 0.29) is 23.0 Å². The molecule has 0 aliphatic heterocycles. The molecule has 6 nitrogen and oxygen atoms in total. The molecule has 2 heterocycles. The van der Waals surface area contributed by atoms with Crippen molar-refractivity contribution < 1.29 is 9.59 Å². The SMILES string of the molecule is CC(=O)c1cccc(NC(=O)CSc2nc3sccc3c(=O)[nH]2)c1. The molecule has 0 atom stereocenters. The van der Waals surface area contributed by atoms with Crippen LogP contribution in [0.2, 0.25) is 0 Å². The number of nitrogens with zero attached hydrogens (tertiary/aromatic N) is 1. The van der Waals surface area contributed by atoms with E-state index in [1.54, 1.807) is 35.7 Å². The van der Waals surface area contributed by atoms with E-state index < -0.39 is 0 Å². The van der Waals surface area contributed by atoms with Gasteiger partial charge in [-0.05, 0) is 30.5 Å². The number of aromatic amines is 1. The highest BCUT2D eigenvalue weighted by Gasteiger charge is 2.09. The Bertz CT molecular complexity index is 978. The van der Waals surface area contributed by atoms with Gasteiger partial charge in [-0.15, -0.1) is 11.3 Å². The number of anilines is 1. The molecule has 122 valence electrons. The van der Waals surface area contributed by atoms with Crippen LogP contribution in [0, 0.1) is 0 Å². The second-order valence-corrected chi connectivity index (χ2v) is 6.84. The largest absolute Gasteiger partial charge is 0.325 e. The number of carbonyl (C=O) groups is 2. The molecule has 0 aliphatic carbocycles. The van der Waals surface area contributed by atoms with Gasteiger partial charge in [0.25, 0.3) is 5.56 Å². The maximum Gasteiger partial charge on any atom is 0.260 e. The van der Waals surface area contributed by atoms with Crippen molar-refractivity contribution in [2.24, 2.45) is 0 Å². The van der Waals surface area contributed by atoms with Crippen molar-refractivity contribution in [3.05, 3.63) is 51.6 Å². The molecule has 0 aliphatic rings. The number of H-pyrrole nitrogens is 1. The summed E-state index contributed by atoms with van der Waals surface area (Å²) in [5, 5.41) is 5.48. The Labute approximate surface area is 145 Å². The van der Waals surface area contributed by atoms with Crippen molar-refractivity contribution >= 4 is 50.7 Å². The van der Waals surface area contributed by atoms with Crippen LogP contribution in [0.25, 0.3) is 10.2 Å². The number of thiophene rings is 1. The normalized spacial score (nSPS) is 10.7. The number of hydrogen-bond donors (Lipinski definition) is 2. The summed E-state index contributed by atoms with van der Waals surface area (Å²) in [6.07, 6.45) is 0. The summed E-state index contributed by atoms with van der Waals surface area (Å²) in [5.41, 5.74) is 0.886.